The van der Waals surface area contributed by atoms with E-state index >= 15 is 0 Å². The maximum absolute atomic E-state index is 5.28. The van der Waals surface area contributed by atoms with Crippen LogP contribution < -0.4 is 15.4 Å². The van der Waals surface area contributed by atoms with E-state index in [1.165, 1.54) is 16.3 Å². The Morgan fingerprint density at radius 1 is 1.04 bits per heavy atom. The summed E-state index contributed by atoms with van der Waals surface area (Å²) in [6.45, 7) is 5.30. The van der Waals surface area contributed by atoms with Crippen LogP contribution in [0.3, 0.4) is 0 Å². The van der Waals surface area contributed by atoms with Crippen molar-refractivity contribution in [3.8, 4) is 5.75 Å². The van der Waals surface area contributed by atoms with E-state index in [1.807, 2.05) is 18.2 Å². The van der Waals surface area contributed by atoms with Gasteiger partial charge < -0.3 is 19.9 Å². The molecule has 27 heavy (non-hydrogen) atoms. The van der Waals surface area contributed by atoms with E-state index < -0.39 is 0 Å². The lowest BCUT2D eigenvalue weighted by atomic mass is 10.1. The molecule has 2 aromatic carbocycles. The summed E-state index contributed by atoms with van der Waals surface area (Å²) in [5.41, 5.74) is 1.19. The number of hydrogen-bond donors (Lipinski definition) is 2. The van der Waals surface area contributed by atoms with Gasteiger partial charge in [0.05, 0.1) is 13.7 Å². The number of halogens is 1. The molecule has 5 nitrogen and oxygen atoms in total. The fraction of sp³-hybridized carbons (Fsp3) is 0.286. The van der Waals surface area contributed by atoms with Crippen molar-refractivity contribution in [2.24, 2.45) is 4.99 Å². The summed E-state index contributed by atoms with van der Waals surface area (Å²) in [4.78, 5) is 4.70. The van der Waals surface area contributed by atoms with Gasteiger partial charge in [0.25, 0.3) is 0 Å². The molecule has 0 bridgehead atoms. The monoisotopic (exact) mass is 478 g/mol. The van der Waals surface area contributed by atoms with Crippen molar-refractivity contribution in [3.05, 3.63) is 66.5 Å². The minimum absolute atomic E-state index is 0. The first-order chi connectivity index (χ1) is 12.8. The van der Waals surface area contributed by atoms with Crippen molar-refractivity contribution in [1.29, 1.82) is 0 Å². The maximum Gasteiger partial charge on any atom is 0.191 e. The molecule has 0 aliphatic carbocycles. The molecule has 0 radical (unpaired) electrons. The van der Waals surface area contributed by atoms with E-state index in [-0.39, 0.29) is 24.0 Å². The second-order valence-corrected chi connectivity index (χ2v) is 6.09. The minimum atomic E-state index is 0. The summed E-state index contributed by atoms with van der Waals surface area (Å²) in [5.74, 6) is 1.72. The molecule has 0 atom stereocenters. The Labute approximate surface area is 177 Å². The first-order valence-corrected chi connectivity index (χ1v) is 8.98. The molecule has 6 heteroatoms. The highest BCUT2D eigenvalue weighted by molar-refractivity contribution is 14.0. The number of nitrogens with one attached hydrogen (secondary N) is 2. The lowest BCUT2D eigenvalue weighted by Gasteiger charge is -2.12. The summed E-state index contributed by atoms with van der Waals surface area (Å²) in [6.07, 6.45) is 4.13. The quantitative estimate of drug-likeness (QED) is 0.307. The fourth-order valence-corrected chi connectivity index (χ4v) is 2.83. The van der Waals surface area contributed by atoms with Gasteiger partial charge in [-0.25, -0.2) is 4.99 Å². The molecule has 3 rings (SSSR count). The second kappa shape index (κ2) is 10.8. The van der Waals surface area contributed by atoms with Gasteiger partial charge in [-0.1, -0.05) is 18.2 Å². The molecule has 3 aromatic rings. The topological polar surface area (TPSA) is 50.6 Å². The molecule has 0 amide bonds. The molecule has 0 saturated heterocycles. The van der Waals surface area contributed by atoms with Gasteiger partial charge in [0.1, 0.15) is 5.75 Å². The van der Waals surface area contributed by atoms with E-state index in [2.05, 4.69) is 64.8 Å². The Balaban J connectivity index is 0.00000261. The lowest BCUT2D eigenvalue weighted by molar-refractivity contribution is 0.415. The molecule has 144 valence electrons. The largest absolute Gasteiger partial charge is 0.497 e. The van der Waals surface area contributed by atoms with Crippen LogP contribution in [0.1, 0.15) is 12.5 Å². The number of rotatable bonds is 7. The zero-order valence-corrected chi connectivity index (χ0v) is 18.1. The standard InChI is InChI=1S/C21H26N4O.HI/c1-3-22-21(23-10-13-25-11-4-5-12-25)24-16-17-6-7-19-15-20(26-2)9-8-18(19)14-17;/h4-9,11-12,14-15H,3,10,13,16H2,1-2H3,(H2,22,23,24);1H. The van der Waals surface area contributed by atoms with Crippen LogP contribution in [0.2, 0.25) is 0 Å². The summed E-state index contributed by atoms with van der Waals surface area (Å²) >= 11 is 0. The van der Waals surface area contributed by atoms with E-state index in [9.17, 15) is 0 Å². The number of guanidine groups is 1. The molecule has 0 spiro atoms. The molecular formula is C21H27IN4O. The van der Waals surface area contributed by atoms with Crippen LogP contribution >= 0.6 is 24.0 Å². The van der Waals surface area contributed by atoms with Gasteiger partial charge in [-0.3, -0.25) is 0 Å². The molecule has 0 fully saturated rings. The summed E-state index contributed by atoms with van der Waals surface area (Å²) in [7, 11) is 1.69. The molecule has 0 unspecified atom stereocenters. The van der Waals surface area contributed by atoms with Gasteiger partial charge in [-0.15, -0.1) is 24.0 Å². The summed E-state index contributed by atoms with van der Waals surface area (Å²) in [6, 6.07) is 16.6. The van der Waals surface area contributed by atoms with Crippen LogP contribution in [0.25, 0.3) is 10.8 Å². The first-order valence-electron chi connectivity index (χ1n) is 8.98. The average molecular weight is 478 g/mol. The van der Waals surface area contributed by atoms with Crippen LogP contribution in [0.5, 0.6) is 5.75 Å². The zero-order chi connectivity index (χ0) is 18.2. The number of benzene rings is 2. The van der Waals surface area contributed by atoms with E-state index in [1.54, 1.807) is 7.11 Å². The molecule has 1 heterocycles. The Morgan fingerprint density at radius 2 is 1.78 bits per heavy atom. The van der Waals surface area contributed by atoms with Gasteiger partial charge >= 0.3 is 0 Å². The van der Waals surface area contributed by atoms with Gasteiger partial charge in [-0.05, 0) is 53.6 Å². The third-order valence-electron chi connectivity index (χ3n) is 4.20. The predicted octanol–water partition coefficient (Wildman–Crippen LogP) is 4.02. The molecule has 0 saturated carbocycles. The SMILES string of the molecule is CCNC(=NCc1ccc2cc(OC)ccc2c1)NCCn1cccc1.I. The molecule has 0 aliphatic heterocycles. The Bertz CT molecular complexity index is 862. The number of methoxy groups -OCH3 is 1. The van der Waals surface area contributed by atoms with Crippen LogP contribution in [-0.2, 0) is 13.1 Å². The highest BCUT2D eigenvalue weighted by Crippen LogP contribution is 2.22. The van der Waals surface area contributed by atoms with Gasteiger partial charge in [0.2, 0.25) is 0 Å². The third-order valence-corrected chi connectivity index (χ3v) is 4.20. The fourth-order valence-electron chi connectivity index (χ4n) is 2.83. The van der Waals surface area contributed by atoms with Crippen molar-refractivity contribution in [2.75, 3.05) is 20.2 Å². The highest BCUT2D eigenvalue weighted by Gasteiger charge is 2.01. The van der Waals surface area contributed by atoms with Crippen LogP contribution in [0.15, 0.2) is 65.9 Å². The van der Waals surface area contributed by atoms with Crippen molar-refractivity contribution in [3.63, 3.8) is 0 Å². The number of aromatic nitrogens is 1. The van der Waals surface area contributed by atoms with Gasteiger partial charge in [0.15, 0.2) is 5.96 Å². The molecule has 1 aromatic heterocycles. The lowest BCUT2D eigenvalue weighted by Crippen LogP contribution is -2.38. The predicted molar refractivity (Wildman–Crippen MR) is 123 cm³/mol. The van der Waals surface area contributed by atoms with E-state index in [0.29, 0.717) is 6.54 Å². The Kier molecular flexibility index (Phi) is 8.44. The summed E-state index contributed by atoms with van der Waals surface area (Å²) < 4.78 is 7.43. The van der Waals surface area contributed by atoms with Crippen molar-refractivity contribution in [1.82, 2.24) is 15.2 Å². The molecule has 2 N–H and O–H groups in total. The Morgan fingerprint density at radius 3 is 2.52 bits per heavy atom. The smallest absolute Gasteiger partial charge is 0.191 e. The highest BCUT2D eigenvalue weighted by atomic mass is 127. The number of nitrogens with zero attached hydrogens (tertiary/aromatic N) is 2. The number of fused-ring (bicyclic) bond motifs is 1. The summed E-state index contributed by atoms with van der Waals surface area (Å²) in [5, 5.41) is 9.05. The van der Waals surface area contributed by atoms with E-state index in [0.717, 1.165) is 31.3 Å². The zero-order valence-electron chi connectivity index (χ0n) is 15.8. The van der Waals surface area contributed by atoms with Crippen LogP contribution in [0.4, 0.5) is 0 Å². The number of hydrogen-bond acceptors (Lipinski definition) is 2. The Hall–Kier alpha value is -2.22. The van der Waals surface area contributed by atoms with Crippen molar-refractivity contribution < 1.29 is 4.74 Å². The normalized spacial score (nSPS) is 11.1. The third kappa shape index (κ3) is 6.16. The minimum Gasteiger partial charge on any atom is -0.497 e. The van der Waals surface area contributed by atoms with Gasteiger partial charge in [0, 0.05) is 32.0 Å². The first kappa shape index (κ1) is 21.1. The maximum atomic E-state index is 5.28. The number of aliphatic imine (C=N–C) groups is 1. The van der Waals surface area contributed by atoms with Crippen molar-refractivity contribution in [2.45, 2.75) is 20.0 Å². The van der Waals surface area contributed by atoms with E-state index in [4.69, 9.17) is 9.73 Å². The number of ether oxygens (including phenoxy) is 1. The molecular weight excluding hydrogens is 451 g/mol. The van der Waals surface area contributed by atoms with Crippen LogP contribution in [-0.4, -0.2) is 30.7 Å². The van der Waals surface area contributed by atoms with Crippen molar-refractivity contribution >= 4 is 40.7 Å². The van der Waals surface area contributed by atoms with Gasteiger partial charge in [-0.2, -0.15) is 0 Å². The molecule has 0 aliphatic rings. The average Bonchev–Trinajstić information content (AvgIpc) is 3.19. The van der Waals surface area contributed by atoms with Crippen LogP contribution in [0, 0.1) is 0 Å². The second-order valence-electron chi connectivity index (χ2n) is 6.09.